The molecule has 0 saturated heterocycles. The molecule has 4 nitrogen and oxygen atoms in total. The van der Waals surface area contributed by atoms with Gasteiger partial charge in [0.2, 0.25) is 0 Å². The summed E-state index contributed by atoms with van der Waals surface area (Å²) in [5.74, 6) is 0. The molecule has 1 heterocycles. The molecule has 1 fully saturated rings. The molecule has 0 unspecified atom stereocenters. The summed E-state index contributed by atoms with van der Waals surface area (Å²) >= 11 is -4.00. The molecule has 26 heavy (non-hydrogen) atoms. The van der Waals surface area contributed by atoms with Gasteiger partial charge in [0, 0.05) is 0 Å². The normalized spacial score (nSPS) is 16.5. The molecule has 3 rings (SSSR count). The Hall–Kier alpha value is -1.29. The van der Waals surface area contributed by atoms with Crippen LogP contribution in [-0.2, 0) is 23.4 Å². The summed E-state index contributed by atoms with van der Waals surface area (Å²) in [6.45, 7) is 6.20. The van der Waals surface area contributed by atoms with Gasteiger partial charge in [-0.2, -0.15) is 0 Å². The van der Waals surface area contributed by atoms with Gasteiger partial charge in [0.05, 0.1) is 0 Å². The third-order valence-corrected chi connectivity index (χ3v) is 11.4. The van der Waals surface area contributed by atoms with Crippen LogP contribution >= 0.6 is 9.58 Å². The fourth-order valence-corrected chi connectivity index (χ4v) is 8.62. The van der Waals surface area contributed by atoms with Crippen LogP contribution in [-0.4, -0.2) is 18.7 Å². The Morgan fingerprint density at radius 3 is 2.12 bits per heavy atom. The number of halogens is 1. The zero-order valence-electron chi connectivity index (χ0n) is 15.5. The first-order chi connectivity index (χ1) is 12.4. The molecule has 0 N–H and O–H groups in total. The van der Waals surface area contributed by atoms with Crippen LogP contribution in [0.1, 0.15) is 54.8 Å². The van der Waals surface area contributed by atoms with Gasteiger partial charge in [-0.3, -0.25) is 0 Å². The molecular weight excluding hydrogens is 528 g/mol. The second-order valence-electron chi connectivity index (χ2n) is 7.03. The molecule has 6 heteroatoms. The topological polar surface area (TPSA) is 44.0 Å². The van der Waals surface area contributed by atoms with E-state index in [0.29, 0.717) is 6.04 Å². The van der Waals surface area contributed by atoms with Crippen molar-refractivity contribution < 1.29 is 23.4 Å². The Morgan fingerprint density at radius 1 is 1.00 bits per heavy atom. The van der Waals surface area contributed by atoms with Crippen LogP contribution in [0.15, 0.2) is 24.5 Å². The first-order valence-corrected chi connectivity index (χ1v) is 15.8. The van der Waals surface area contributed by atoms with Crippen molar-refractivity contribution in [3.05, 3.63) is 45.1 Å². The molecule has 0 aliphatic heterocycles. The average Bonchev–Trinajstić information content (AvgIpc) is 3.06. The van der Waals surface area contributed by atoms with Gasteiger partial charge in [0.1, 0.15) is 0 Å². The van der Waals surface area contributed by atoms with Gasteiger partial charge in [-0.05, 0) is 0 Å². The zero-order chi connectivity index (χ0) is 18.9. The Bertz CT molecular complexity index is 901. The predicted molar refractivity (Wildman–Crippen MR) is 103 cm³/mol. The van der Waals surface area contributed by atoms with E-state index >= 15 is 0 Å². The third-order valence-electron chi connectivity index (χ3n) is 5.07. The van der Waals surface area contributed by atoms with Crippen molar-refractivity contribution in [1.82, 2.24) is 9.13 Å². The summed E-state index contributed by atoms with van der Waals surface area (Å²) in [6, 6.07) is 4.57. The van der Waals surface area contributed by atoms with Gasteiger partial charge in [-0.25, -0.2) is 0 Å². The van der Waals surface area contributed by atoms with Gasteiger partial charge < -0.3 is 0 Å². The molecule has 0 atom stereocenters. The summed E-state index contributed by atoms with van der Waals surface area (Å²) in [7, 11) is 6.70. The van der Waals surface area contributed by atoms with E-state index < -0.39 is 13.8 Å². The summed E-state index contributed by atoms with van der Waals surface area (Å²) in [5, 5.41) is 0. The van der Waals surface area contributed by atoms with E-state index in [-0.39, 0.29) is 0 Å². The first-order valence-electron chi connectivity index (χ1n) is 8.90. The predicted octanol–water partition coefficient (Wildman–Crippen LogP) is 4.93. The summed E-state index contributed by atoms with van der Waals surface area (Å²) < 4.78 is 4.86. The maximum absolute atomic E-state index is 11.9. The molecule has 1 aliphatic carbocycles. The molecule has 0 amide bonds. The van der Waals surface area contributed by atoms with Crippen LogP contribution in [0.3, 0.4) is 0 Å². The second kappa shape index (κ2) is 7.75. The molecule has 1 aromatic carbocycles. The minimum absolute atomic E-state index is 0.315. The number of hydrogen-bond donors (Lipinski definition) is 0. The SMILES string of the molecule is Cc1cc(C)c(-n2ccn(C3CCCCC3)[c]2=[Ir]([Cl])([CH]=O)[CH]=O)c(C)c1. The van der Waals surface area contributed by atoms with Crippen LogP contribution in [0.4, 0.5) is 0 Å². The molecule has 1 saturated carbocycles. The average molecular weight is 554 g/mol. The second-order valence-corrected chi connectivity index (χ2v) is 16.3. The Balaban J connectivity index is 2.38. The van der Waals surface area contributed by atoms with Crippen molar-refractivity contribution >= 4 is 19.2 Å². The number of imidazole rings is 1. The van der Waals surface area contributed by atoms with Gasteiger partial charge >= 0.3 is 161 Å². The summed E-state index contributed by atoms with van der Waals surface area (Å²) in [5.41, 5.74) is 4.46. The molecule has 1 aromatic heterocycles. The number of rotatable bonds is 4. The van der Waals surface area contributed by atoms with Crippen LogP contribution in [0.25, 0.3) is 5.69 Å². The molecule has 2 aromatic rings. The van der Waals surface area contributed by atoms with E-state index in [0.717, 1.165) is 43.2 Å². The number of carbonyl (C=O) groups excluding carboxylic acids is 2. The zero-order valence-corrected chi connectivity index (χ0v) is 18.7. The van der Waals surface area contributed by atoms with E-state index in [4.69, 9.17) is 9.58 Å². The van der Waals surface area contributed by atoms with Crippen molar-refractivity contribution in [1.29, 1.82) is 0 Å². The van der Waals surface area contributed by atoms with Crippen molar-refractivity contribution in [3.8, 4) is 5.69 Å². The fraction of sp³-hybridized carbons (Fsp3) is 0.450. The number of nitrogens with zero attached hydrogens (tertiary/aromatic N) is 2. The van der Waals surface area contributed by atoms with Gasteiger partial charge in [-0.1, -0.05) is 0 Å². The van der Waals surface area contributed by atoms with Gasteiger partial charge in [0.25, 0.3) is 0 Å². The molecule has 0 spiro atoms. The first kappa shape index (κ1) is 19.5. The van der Waals surface area contributed by atoms with E-state index in [1.807, 2.05) is 17.0 Å². The number of benzene rings is 1. The number of carbonyl (C=O) groups is 2. The van der Waals surface area contributed by atoms with Crippen LogP contribution in [0, 0.1) is 24.7 Å². The number of aromatic nitrogens is 2. The van der Waals surface area contributed by atoms with Gasteiger partial charge in [-0.15, -0.1) is 0 Å². The van der Waals surface area contributed by atoms with Crippen molar-refractivity contribution in [2.75, 3.05) is 0 Å². The van der Waals surface area contributed by atoms with E-state index in [1.54, 1.807) is 0 Å². The molecule has 0 radical (unpaired) electrons. The van der Waals surface area contributed by atoms with Crippen molar-refractivity contribution in [2.24, 2.45) is 0 Å². The Morgan fingerprint density at radius 2 is 1.58 bits per heavy atom. The number of aryl methyl sites for hydroxylation is 3. The van der Waals surface area contributed by atoms with Crippen LogP contribution in [0.5, 0.6) is 0 Å². The van der Waals surface area contributed by atoms with Crippen LogP contribution < -0.4 is 0 Å². The molecular formula is C20H26ClIrN2O2. The summed E-state index contributed by atoms with van der Waals surface area (Å²) in [4.78, 5) is 25.3. The number of hydrogen-bond acceptors (Lipinski definition) is 2. The third kappa shape index (κ3) is 3.45. The standard InChI is InChI=1S/C18H24N2.2CHO.ClH.Ir/c1-14-11-15(2)18(16(3)12-14)20-10-9-19(13-20)17-7-5-4-6-8-17;2*1-2;;/h9-12,17H,4-8H2,1-3H3;2*1H;1H;/q;;;;+1/p-1. The van der Waals surface area contributed by atoms with Crippen LogP contribution in [0.2, 0.25) is 0 Å². The van der Waals surface area contributed by atoms with E-state index in [1.165, 1.54) is 24.8 Å². The minimum atomic E-state index is -4.00. The van der Waals surface area contributed by atoms with Crippen molar-refractivity contribution in [3.63, 3.8) is 0 Å². The van der Waals surface area contributed by atoms with E-state index in [9.17, 15) is 9.59 Å². The quantitative estimate of drug-likeness (QED) is 0.504. The Labute approximate surface area is 161 Å². The van der Waals surface area contributed by atoms with E-state index in [2.05, 4.69) is 37.5 Å². The maximum atomic E-state index is 11.9. The van der Waals surface area contributed by atoms with Gasteiger partial charge in [0.15, 0.2) is 0 Å². The van der Waals surface area contributed by atoms with Crippen molar-refractivity contribution in [2.45, 2.75) is 58.9 Å². The Kier molecular flexibility index (Phi) is 5.81. The molecule has 144 valence electrons. The monoisotopic (exact) mass is 554 g/mol. The summed E-state index contributed by atoms with van der Waals surface area (Å²) in [6.07, 6.45) is 9.73. The molecule has 1 aliphatic rings. The molecule has 0 bridgehead atoms. The fourth-order valence-electron chi connectivity index (χ4n) is 4.06.